The molecule has 0 saturated heterocycles. The Labute approximate surface area is 180 Å². The van der Waals surface area contributed by atoms with Gasteiger partial charge in [0, 0.05) is 6.20 Å². The zero-order chi connectivity index (χ0) is 23.1. The number of benzene rings is 1. The molecule has 3 heterocycles. The van der Waals surface area contributed by atoms with Crippen LogP contribution in [0.2, 0.25) is 0 Å². The van der Waals surface area contributed by atoms with Gasteiger partial charge in [0.05, 0.1) is 36.6 Å². The third kappa shape index (κ3) is 4.01. The molecule has 0 saturated carbocycles. The molecule has 32 heavy (non-hydrogen) atoms. The third-order valence-corrected chi connectivity index (χ3v) is 5.60. The number of ether oxygens (including phenoxy) is 1. The van der Waals surface area contributed by atoms with Crippen LogP contribution in [0.4, 0.5) is 13.2 Å². The van der Waals surface area contributed by atoms with Crippen molar-refractivity contribution in [3.63, 3.8) is 0 Å². The van der Waals surface area contributed by atoms with Crippen LogP contribution >= 0.6 is 0 Å². The minimum Gasteiger partial charge on any atom is -0.480 e. The lowest BCUT2D eigenvalue weighted by atomic mass is 10.1. The van der Waals surface area contributed by atoms with E-state index in [1.807, 2.05) is 0 Å². The van der Waals surface area contributed by atoms with Crippen LogP contribution in [0.25, 0.3) is 22.2 Å². The quantitative estimate of drug-likeness (QED) is 0.486. The first-order chi connectivity index (χ1) is 15.1. The summed E-state index contributed by atoms with van der Waals surface area (Å²) in [6.45, 7) is -0.330. The van der Waals surface area contributed by atoms with Gasteiger partial charge in [-0.3, -0.25) is 4.98 Å². The first-order valence-corrected chi connectivity index (χ1v) is 10.7. The van der Waals surface area contributed by atoms with Crippen molar-refractivity contribution in [2.75, 3.05) is 7.11 Å². The van der Waals surface area contributed by atoms with E-state index < -0.39 is 22.0 Å². The highest BCUT2D eigenvalue weighted by atomic mass is 32.2. The molecule has 4 aromatic rings. The summed E-state index contributed by atoms with van der Waals surface area (Å²) in [6.07, 6.45) is -2.55. The van der Waals surface area contributed by atoms with Gasteiger partial charge < -0.3 is 9.30 Å². The first-order valence-electron chi connectivity index (χ1n) is 9.13. The van der Waals surface area contributed by atoms with Crippen molar-refractivity contribution in [1.29, 1.82) is 0 Å². The minimum absolute atomic E-state index is 0.0261. The average molecular weight is 463 g/mol. The summed E-state index contributed by atoms with van der Waals surface area (Å²) < 4.78 is 70.8. The molecule has 0 fully saturated rings. The number of hydrogen-bond acceptors (Lipinski definition) is 6. The van der Waals surface area contributed by atoms with E-state index in [2.05, 4.69) is 15.0 Å². The van der Waals surface area contributed by atoms with E-state index in [-0.39, 0.29) is 34.0 Å². The fraction of sp³-hybridized carbons (Fsp3) is 0.150. The molecule has 0 aliphatic carbocycles. The highest BCUT2D eigenvalue weighted by molar-refractivity contribution is 7.89. The zero-order valence-electron chi connectivity index (χ0n) is 16.5. The molecule has 0 bridgehead atoms. The maximum atomic E-state index is 13.9. The topological polar surface area (TPSA) is 113 Å². The van der Waals surface area contributed by atoms with Gasteiger partial charge in [-0.2, -0.15) is 13.2 Å². The highest BCUT2D eigenvalue weighted by Gasteiger charge is 2.38. The second kappa shape index (κ2) is 7.88. The summed E-state index contributed by atoms with van der Waals surface area (Å²) in [5, 5.41) is 5.06. The lowest BCUT2D eigenvalue weighted by molar-refractivity contribution is -0.146. The standard InChI is InChI=1S/C20H16F3N5O3S/c1-31-18-16(12-5-3-2-4-6-12)17-15(10-26-18)27-19(20(21,22)23)28(17)11-13-7-8-14(9-25-13)32(24,29)30/h2-10H,11H2,1H3,(H2,24,29,30). The summed E-state index contributed by atoms with van der Waals surface area (Å²) in [5.41, 5.74) is 1.30. The highest BCUT2D eigenvalue weighted by Crippen LogP contribution is 2.39. The van der Waals surface area contributed by atoms with E-state index in [1.54, 1.807) is 30.3 Å². The van der Waals surface area contributed by atoms with Crippen molar-refractivity contribution in [2.24, 2.45) is 5.14 Å². The number of alkyl halides is 3. The van der Waals surface area contributed by atoms with Gasteiger partial charge >= 0.3 is 6.18 Å². The molecule has 166 valence electrons. The maximum Gasteiger partial charge on any atom is 0.449 e. The van der Waals surface area contributed by atoms with Gasteiger partial charge in [-0.05, 0) is 17.7 Å². The van der Waals surface area contributed by atoms with Crippen LogP contribution in [0.15, 0.2) is 59.8 Å². The van der Waals surface area contributed by atoms with Crippen molar-refractivity contribution >= 4 is 21.1 Å². The van der Waals surface area contributed by atoms with E-state index in [0.29, 0.717) is 11.1 Å². The van der Waals surface area contributed by atoms with Gasteiger partial charge in [0.2, 0.25) is 21.7 Å². The van der Waals surface area contributed by atoms with Gasteiger partial charge in [-0.1, -0.05) is 30.3 Å². The Bertz CT molecular complexity index is 1390. The number of aromatic nitrogens is 4. The Kier molecular flexibility index (Phi) is 5.34. The molecule has 0 radical (unpaired) electrons. The number of methoxy groups -OCH3 is 1. The third-order valence-electron chi connectivity index (χ3n) is 4.70. The monoisotopic (exact) mass is 463 g/mol. The lowest BCUT2D eigenvalue weighted by Crippen LogP contribution is -2.17. The number of rotatable bonds is 5. The number of primary sulfonamides is 1. The van der Waals surface area contributed by atoms with E-state index in [4.69, 9.17) is 9.88 Å². The van der Waals surface area contributed by atoms with Gasteiger partial charge in [-0.15, -0.1) is 0 Å². The summed E-state index contributed by atoms with van der Waals surface area (Å²) >= 11 is 0. The Morgan fingerprint density at radius 2 is 1.78 bits per heavy atom. The molecular formula is C20H16F3N5O3S. The Morgan fingerprint density at radius 1 is 1.06 bits per heavy atom. The molecule has 0 unspecified atom stereocenters. The molecule has 8 nitrogen and oxygen atoms in total. The Hall–Kier alpha value is -3.51. The van der Waals surface area contributed by atoms with Crippen molar-refractivity contribution < 1.29 is 26.3 Å². The molecule has 2 N–H and O–H groups in total. The summed E-state index contributed by atoms with van der Waals surface area (Å²) in [6, 6.07) is 11.2. The lowest BCUT2D eigenvalue weighted by Gasteiger charge is -2.15. The maximum absolute atomic E-state index is 13.9. The number of nitrogens with two attached hydrogens (primary N) is 1. The predicted octanol–water partition coefficient (Wildman–Crippen LogP) is 3.22. The van der Waals surface area contributed by atoms with Crippen LogP contribution in [-0.2, 0) is 22.7 Å². The second-order valence-electron chi connectivity index (χ2n) is 6.79. The summed E-state index contributed by atoms with van der Waals surface area (Å²) in [5.74, 6) is -1.01. The molecule has 0 atom stereocenters. The largest absolute Gasteiger partial charge is 0.480 e. The van der Waals surface area contributed by atoms with Crippen LogP contribution in [0, 0.1) is 0 Å². The summed E-state index contributed by atoms with van der Waals surface area (Å²) in [4.78, 5) is 11.6. The SMILES string of the molecule is COc1ncc2nc(C(F)(F)F)n(Cc3ccc(S(N)(=O)=O)cn3)c2c1-c1ccccc1. The number of fused-ring (bicyclic) bond motifs is 1. The fourth-order valence-corrected chi connectivity index (χ4v) is 3.79. The van der Waals surface area contributed by atoms with Gasteiger partial charge in [0.1, 0.15) is 10.4 Å². The minimum atomic E-state index is -4.76. The fourth-order valence-electron chi connectivity index (χ4n) is 3.34. The first kappa shape index (κ1) is 21.7. The van der Waals surface area contributed by atoms with Crippen molar-refractivity contribution in [3.05, 3.63) is 66.4 Å². The van der Waals surface area contributed by atoms with Crippen LogP contribution in [0.1, 0.15) is 11.5 Å². The summed E-state index contributed by atoms with van der Waals surface area (Å²) in [7, 11) is -2.61. The Morgan fingerprint density at radius 3 is 2.34 bits per heavy atom. The number of imidazole rings is 1. The number of nitrogens with zero attached hydrogens (tertiary/aromatic N) is 4. The predicted molar refractivity (Wildman–Crippen MR) is 109 cm³/mol. The number of pyridine rings is 2. The zero-order valence-corrected chi connectivity index (χ0v) is 17.4. The van der Waals surface area contributed by atoms with Crippen molar-refractivity contribution in [1.82, 2.24) is 19.5 Å². The van der Waals surface area contributed by atoms with Crippen LogP contribution in [-0.4, -0.2) is 35.0 Å². The van der Waals surface area contributed by atoms with E-state index in [0.717, 1.165) is 10.8 Å². The second-order valence-corrected chi connectivity index (χ2v) is 8.35. The molecule has 4 rings (SSSR count). The molecular weight excluding hydrogens is 447 g/mol. The molecule has 3 aromatic heterocycles. The van der Waals surface area contributed by atoms with Crippen molar-refractivity contribution in [3.8, 4) is 17.0 Å². The van der Waals surface area contributed by atoms with Crippen LogP contribution in [0.3, 0.4) is 0 Å². The number of sulfonamides is 1. The molecule has 0 aliphatic rings. The molecule has 0 amide bonds. The van der Waals surface area contributed by atoms with Gasteiger partial charge in [0.25, 0.3) is 0 Å². The number of halogens is 3. The van der Waals surface area contributed by atoms with Crippen molar-refractivity contribution in [2.45, 2.75) is 17.6 Å². The number of hydrogen-bond donors (Lipinski definition) is 1. The van der Waals surface area contributed by atoms with Crippen LogP contribution < -0.4 is 9.88 Å². The van der Waals surface area contributed by atoms with E-state index >= 15 is 0 Å². The normalized spacial score (nSPS) is 12.3. The molecule has 0 aliphatic heterocycles. The molecule has 0 spiro atoms. The van der Waals surface area contributed by atoms with E-state index in [9.17, 15) is 21.6 Å². The smallest absolute Gasteiger partial charge is 0.449 e. The van der Waals surface area contributed by atoms with E-state index in [1.165, 1.54) is 25.4 Å². The van der Waals surface area contributed by atoms with Gasteiger partial charge in [0.15, 0.2) is 0 Å². The van der Waals surface area contributed by atoms with Crippen LogP contribution in [0.5, 0.6) is 5.88 Å². The Balaban J connectivity index is 1.97. The molecule has 12 heteroatoms. The van der Waals surface area contributed by atoms with Gasteiger partial charge in [-0.25, -0.2) is 23.5 Å². The average Bonchev–Trinajstić information content (AvgIpc) is 3.12. The molecule has 1 aromatic carbocycles.